The lowest BCUT2D eigenvalue weighted by Crippen LogP contribution is -2.33. The van der Waals surface area contributed by atoms with Gasteiger partial charge >= 0.3 is 0 Å². The van der Waals surface area contributed by atoms with Gasteiger partial charge in [0.1, 0.15) is 0 Å². The van der Waals surface area contributed by atoms with Crippen molar-refractivity contribution >= 4 is 28.5 Å². The molecule has 0 aliphatic rings. The number of allylic oxidation sites excluding steroid dienone is 1. The van der Waals surface area contributed by atoms with E-state index in [4.69, 9.17) is 11.6 Å². The molecule has 2 N–H and O–H groups in total. The molecule has 0 amide bonds. The third kappa shape index (κ3) is 5.78. The highest BCUT2D eigenvalue weighted by molar-refractivity contribution is 7.11. The van der Waals surface area contributed by atoms with Gasteiger partial charge in [0.15, 0.2) is 0 Å². The van der Waals surface area contributed by atoms with Crippen LogP contribution in [0.1, 0.15) is 36.3 Å². The molecule has 1 aromatic heterocycles. The summed E-state index contributed by atoms with van der Waals surface area (Å²) in [5.74, 6) is 0.644. The Balaban J connectivity index is 1.87. The van der Waals surface area contributed by atoms with Crippen molar-refractivity contribution in [2.45, 2.75) is 31.9 Å². The van der Waals surface area contributed by atoms with Gasteiger partial charge in [0.2, 0.25) is 0 Å². The molecule has 0 spiro atoms. The molecule has 124 valence electrons. The molecule has 23 heavy (non-hydrogen) atoms. The third-order valence-electron chi connectivity index (χ3n) is 3.81. The van der Waals surface area contributed by atoms with Crippen LogP contribution < -0.4 is 5.32 Å². The number of halogens is 1. The number of thiophene rings is 1. The lowest BCUT2D eigenvalue weighted by molar-refractivity contribution is 0.136. The second kappa shape index (κ2) is 9.89. The Kier molecular flexibility index (Phi) is 7.83. The number of rotatable bonds is 9. The molecule has 0 fully saturated rings. The minimum absolute atomic E-state index is 0.00927. The van der Waals surface area contributed by atoms with E-state index in [0.29, 0.717) is 5.88 Å². The largest absolute Gasteiger partial charge is 0.387 e. The van der Waals surface area contributed by atoms with Crippen LogP contribution in [0.5, 0.6) is 0 Å². The lowest BCUT2D eigenvalue weighted by atomic mass is 10.0. The quantitative estimate of drug-likeness (QED) is 0.633. The summed E-state index contributed by atoms with van der Waals surface area (Å²) in [6.07, 6.45) is 3.55. The Morgan fingerprint density at radius 2 is 2.04 bits per heavy atom. The highest BCUT2D eigenvalue weighted by atomic mass is 35.5. The van der Waals surface area contributed by atoms with Gasteiger partial charge in [0.25, 0.3) is 0 Å². The van der Waals surface area contributed by atoms with Gasteiger partial charge in [0, 0.05) is 16.8 Å². The smallest absolute Gasteiger partial charge is 0.0940 e. The second-order valence-corrected chi connectivity index (χ2v) is 6.86. The molecule has 0 bridgehead atoms. The van der Waals surface area contributed by atoms with Crippen molar-refractivity contribution in [1.82, 2.24) is 5.32 Å². The molecule has 2 aromatic rings. The van der Waals surface area contributed by atoms with Crippen molar-refractivity contribution in [2.75, 3.05) is 12.4 Å². The summed E-state index contributed by atoms with van der Waals surface area (Å²) >= 11 is 7.57. The zero-order chi connectivity index (χ0) is 16.5. The number of hydrogen-bond donors (Lipinski definition) is 2. The van der Waals surface area contributed by atoms with Gasteiger partial charge in [-0.3, -0.25) is 0 Å². The van der Waals surface area contributed by atoms with Crippen LogP contribution in [0.25, 0.3) is 5.57 Å². The van der Waals surface area contributed by atoms with Crippen LogP contribution in [0.15, 0.2) is 53.9 Å². The van der Waals surface area contributed by atoms with Gasteiger partial charge in [-0.05, 0) is 48.9 Å². The van der Waals surface area contributed by atoms with Crippen LogP contribution >= 0.6 is 22.9 Å². The minimum Gasteiger partial charge on any atom is -0.387 e. The summed E-state index contributed by atoms with van der Waals surface area (Å²) in [6, 6.07) is 14.0. The molecule has 2 atom stereocenters. The molecular formula is C19H24ClNOS. The van der Waals surface area contributed by atoms with E-state index in [2.05, 4.69) is 28.9 Å². The number of hydrogen-bond acceptors (Lipinski definition) is 3. The lowest BCUT2D eigenvalue weighted by Gasteiger charge is -2.21. The van der Waals surface area contributed by atoms with E-state index in [1.54, 1.807) is 11.3 Å². The van der Waals surface area contributed by atoms with Gasteiger partial charge < -0.3 is 10.4 Å². The maximum Gasteiger partial charge on any atom is 0.0940 e. The Hall–Kier alpha value is -1.13. The monoisotopic (exact) mass is 349 g/mol. The first-order valence-electron chi connectivity index (χ1n) is 7.97. The molecule has 1 heterocycles. The molecule has 2 rings (SSSR count). The molecular weight excluding hydrogens is 326 g/mol. The molecule has 2 unspecified atom stereocenters. The number of alkyl halides is 1. The van der Waals surface area contributed by atoms with Crippen molar-refractivity contribution in [3.63, 3.8) is 0 Å². The van der Waals surface area contributed by atoms with Gasteiger partial charge in [-0.2, -0.15) is 0 Å². The molecule has 0 saturated carbocycles. The molecule has 4 heteroatoms. The van der Waals surface area contributed by atoms with Gasteiger partial charge in [0.05, 0.1) is 6.10 Å². The Morgan fingerprint density at radius 1 is 1.26 bits per heavy atom. The van der Waals surface area contributed by atoms with Crippen molar-refractivity contribution in [2.24, 2.45) is 0 Å². The van der Waals surface area contributed by atoms with Crippen LogP contribution in [-0.2, 0) is 0 Å². The van der Waals surface area contributed by atoms with E-state index in [1.807, 2.05) is 37.3 Å². The summed E-state index contributed by atoms with van der Waals surface area (Å²) in [6.45, 7) is 2.85. The summed E-state index contributed by atoms with van der Waals surface area (Å²) in [7, 11) is 0. The molecule has 0 radical (unpaired) electrons. The standard InChI is InChI=1S/C19H24ClNOS/c1-15(19(22)17-7-3-2-4-8-17)21-13-11-16(9-5-12-20)18-10-6-14-23-18/h2-4,6-10,14-15,19,21-22H,5,11-13H2,1H3/b16-9+. The average Bonchev–Trinajstić information content (AvgIpc) is 3.12. The normalized spacial score (nSPS) is 14.7. The molecule has 2 nitrogen and oxygen atoms in total. The topological polar surface area (TPSA) is 32.3 Å². The van der Waals surface area contributed by atoms with E-state index in [1.165, 1.54) is 10.5 Å². The minimum atomic E-state index is -0.492. The van der Waals surface area contributed by atoms with E-state index >= 15 is 0 Å². The Morgan fingerprint density at radius 3 is 2.70 bits per heavy atom. The first-order chi connectivity index (χ1) is 11.2. The summed E-state index contributed by atoms with van der Waals surface area (Å²) in [5, 5.41) is 15.9. The van der Waals surface area contributed by atoms with E-state index in [0.717, 1.165) is 24.9 Å². The predicted octanol–water partition coefficient (Wildman–Crippen LogP) is 4.86. The molecule has 0 aliphatic carbocycles. The van der Waals surface area contributed by atoms with E-state index < -0.39 is 6.10 Å². The molecule has 0 saturated heterocycles. The third-order valence-corrected chi connectivity index (χ3v) is 4.98. The summed E-state index contributed by atoms with van der Waals surface area (Å²) < 4.78 is 0. The van der Waals surface area contributed by atoms with Crippen molar-refractivity contribution < 1.29 is 5.11 Å². The highest BCUT2D eigenvalue weighted by Gasteiger charge is 2.15. The van der Waals surface area contributed by atoms with Crippen molar-refractivity contribution in [3.05, 3.63) is 64.4 Å². The van der Waals surface area contributed by atoms with Crippen LogP contribution in [0.3, 0.4) is 0 Å². The zero-order valence-corrected chi connectivity index (χ0v) is 15.0. The van der Waals surface area contributed by atoms with E-state index in [9.17, 15) is 5.11 Å². The Labute approximate surface area is 147 Å². The van der Waals surface area contributed by atoms with Crippen LogP contribution in [0, 0.1) is 0 Å². The fraction of sp³-hybridized carbons (Fsp3) is 0.368. The van der Waals surface area contributed by atoms with Crippen LogP contribution in [0.4, 0.5) is 0 Å². The van der Waals surface area contributed by atoms with Crippen LogP contribution in [-0.4, -0.2) is 23.6 Å². The number of nitrogens with one attached hydrogen (secondary N) is 1. The van der Waals surface area contributed by atoms with Gasteiger partial charge in [-0.25, -0.2) is 0 Å². The highest BCUT2D eigenvalue weighted by Crippen LogP contribution is 2.24. The number of aliphatic hydroxyl groups excluding tert-OH is 1. The molecule has 0 aliphatic heterocycles. The zero-order valence-electron chi connectivity index (χ0n) is 13.4. The first kappa shape index (κ1) is 18.2. The summed E-state index contributed by atoms with van der Waals surface area (Å²) in [5.41, 5.74) is 2.28. The predicted molar refractivity (Wildman–Crippen MR) is 101 cm³/mol. The number of benzene rings is 1. The average molecular weight is 350 g/mol. The van der Waals surface area contributed by atoms with Crippen molar-refractivity contribution in [3.8, 4) is 0 Å². The maximum absolute atomic E-state index is 10.4. The van der Waals surface area contributed by atoms with Gasteiger partial charge in [-0.1, -0.05) is 42.5 Å². The van der Waals surface area contributed by atoms with Gasteiger partial charge in [-0.15, -0.1) is 22.9 Å². The SMILES string of the molecule is CC(NCC/C(=C\CCCl)c1cccs1)C(O)c1ccccc1. The Bertz CT molecular complexity index is 583. The van der Waals surface area contributed by atoms with E-state index in [-0.39, 0.29) is 6.04 Å². The van der Waals surface area contributed by atoms with Crippen LogP contribution in [0.2, 0.25) is 0 Å². The summed E-state index contributed by atoms with van der Waals surface area (Å²) in [4.78, 5) is 1.30. The fourth-order valence-electron chi connectivity index (χ4n) is 2.50. The molecule has 1 aromatic carbocycles. The fourth-order valence-corrected chi connectivity index (χ4v) is 3.41. The number of aliphatic hydroxyl groups is 1. The van der Waals surface area contributed by atoms with Crippen molar-refractivity contribution in [1.29, 1.82) is 0 Å². The maximum atomic E-state index is 10.4. The first-order valence-corrected chi connectivity index (χ1v) is 9.39. The second-order valence-electron chi connectivity index (χ2n) is 5.53.